The van der Waals surface area contributed by atoms with Gasteiger partial charge in [0.15, 0.2) is 0 Å². The van der Waals surface area contributed by atoms with Gasteiger partial charge in [-0.3, -0.25) is 0 Å². The molecule has 1 rings (SSSR count). The van der Waals surface area contributed by atoms with Gasteiger partial charge in [0.05, 0.1) is 5.70 Å². The van der Waals surface area contributed by atoms with Crippen molar-refractivity contribution in [3.05, 3.63) is 16.7 Å². The fraction of sp³-hybridized carbons (Fsp3) is 0.750. The number of allylic oxidation sites excluding steroid dienone is 2. The summed E-state index contributed by atoms with van der Waals surface area (Å²) in [7, 11) is 0. The first-order valence-corrected chi connectivity index (χ1v) is 3.97. The number of nitroso groups, excluding NO2 is 1. The molecule has 0 spiro atoms. The summed E-state index contributed by atoms with van der Waals surface area (Å²) < 4.78 is 0. The van der Waals surface area contributed by atoms with Crippen LogP contribution in [0.25, 0.3) is 0 Å². The molecule has 1 fully saturated rings. The summed E-state index contributed by atoms with van der Waals surface area (Å²) in [6.45, 7) is 5.04. The zero-order chi connectivity index (χ0) is 8.27. The fourth-order valence-corrected chi connectivity index (χ4v) is 1.03. The van der Waals surface area contributed by atoms with Crippen molar-refractivity contribution in [2.24, 2.45) is 11.1 Å². The molecule has 1 heterocycles. The predicted octanol–water partition coefficient (Wildman–Crippen LogP) is 1.65. The lowest BCUT2D eigenvalue weighted by Gasteiger charge is -2.03. The van der Waals surface area contributed by atoms with Crippen LogP contribution in [0, 0.1) is 10.8 Å². The van der Waals surface area contributed by atoms with Crippen molar-refractivity contribution < 1.29 is 0 Å². The third kappa shape index (κ3) is 2.80. The van der Waals surface area contributed by atoms with E-state index in [1.807, 2.05) is 6.08 Å². The van der Waals surface area contributed by atoms with E-state index in [-0.39, 0.29) is 0 Å². The molecule has 1 aliphatic heterocycles. The van der Waals surface area contributed by atoms with Gasteiger partial charge < -0.3 is 5.32 Å². The smallest absolute Gasteiger partial charge is 0.0778 e. The molecule has 1 N–H and O–H groups in total. The van der Waals surface area contributed by atoms with Crippen LogP contribution in [0.2, 0.25) is 0 Å². The summed E-state index contributed by atoms with van der Waals surface area (Å²) >= 11 is 0. The molecule has 0 bridgehead atoms. The SMILES string of the molecule is C/C(=C/CC(C)C1CN1)N=O. The van der Waals surface area contributed by atoms with Gasteiger partial charge in [0, 0.05) is 12.6 Å². The van der Waals surface area contributed by atoms with E-state index in [2.05, 4.69) is 17.4 Å². The van der Waals surface area contributed by atoms with Gasteiger partial charge in [-0.1, -0.05) is 13.0 Å². The number of hydrogen-bond acceptors (Lipinski definition) is 3. The summed E-state index contributed by atoms with van der Waals surface area (Å²) in [5.74, 6) is 0.631. The Kier molecular flexibility index (Phi) is 2.76. The molecular weight excluding hydrogens is 140 g/mol. The van der Waals surface area contributed by atoms with Crippen molar-refractivity contribution in [1.29, 1.82) is 0 Å². The highest BCUT2D eigenvalue weighted by molar-refractivity contribution is 4.99. The lowest BCUT2D eigenvalue weighted by Crippen LogP contribution is -2.04. The van der Waals surface area contributed by atoms with Crippen LogP contribution in [-0.4, -0.2) is 12.6 Å². The Morgan fingerprint density at radius 3 is 3.00 bits per heavy atom. The Hall–Kier alpha value is -0.700. The van der Waals surface area contributed by atoms with E-state index >= 15 is 0 Å². The van der Waals surface area contributed by atoms with Gasteiger partial charge in [0.1, 0.15) is 0 Å². The second-order valence-corrected chi connectivity index (χ2v) is 3.16. The van der Waals surface area contributed by atoms with Gasteiger partial charge in [-0.2, -0.15) is 0 Å². The molecule has 0 saturated carbocycles. The van der Waals surface area contributed by atoms with Gasteiger partial charge in [-0.15, -0.1) is 4.91 Å². The van der Waals surface area contributed by atoms with E-state index < -0.39 is 0 Å². The molecular formula is C8H14N2O. The Bertz CT molecular complexity index is 173. The highest BCUT2D eigenvalue weighted by Crippen LogP contribution is 2.16. The molecule has 1 aliphatic rings. The van der Waals surface area contributed by atoms with Gasteiger partial charge >= 0.3 is 0 Å². The van der Waals surface area contributed by atoms with Crippen molar-refractivity contribution in [1.82, 2.24) is 5.32 Å². The lowest BCUT2D eigenvalue weighted by molar-refractivity contribution is 0.576. The minimum Gasteiger partial charge on any atom is -0.311 e. The molecule has 11 heavy (non-hydrogen) atoms. The van der Waals surface area contributed by atoms with E-state index in [9.17, 15) is 4.91 Å². The molecule has 0 aromatic rings. The number of nitrogens with zero attached hydrogens (tertiary/aromatic N) is 1. The van der Waals surface area contributed by atoms with Crippen molar-refractivity contribution in [3.8, 4) is 0 Å². The van der Waals surface area contributed by atoms with Crippen molar-refractivity contribution in [3.63, 3.8) is 0 Å². The zero-order valence-electron chi connectivity index (χ0n) is 7.00. The number of rotatable bonds is 4. The van der Waals surface area contributed by atoms with Gasteiger partial charge in [-0.25, -0.2) is 0 Å². The zero-order valence-corrected chi connectivity index (χ0v) is 7.00. The van der Waals surface area contributed by atoms with Gasteiger partial charge in [0.25, 0.3) is 0 Å². The van der Waals surface area contributed by atoms with Crippen LogP contribution in [0.1, 0.15) is 20.3 Å². The predicted molar refractivity (Wildman–Crippen MR) is 45.1 cm³/mol. The third-order valence-electron chi connectivity index (χ3n) is 2.06. The van der Waals surface area contributed by atoms with E-state index in [1.54, 1.807) is 6.92 Å². The first kappa shape index (κ1) is 8.40. The second kappa shape index (κ2) is 3.62. The highest BCUT2D eigenvalue weighted by Gasteiger charge is 2.25. The Labute approximate surface area is 66.8 Å². The summed E-state index contributed by atoms with van der Waals surface area (Å²) in [6.07, 6.45) is 2.85. The van der Waals surface area contributed by atoms with Crippen LogP contribution in [0.5, 0.6) is 0 Å². The molecule has 0 radical (unpaired) electrons. The Morgan fingerprint density at radius 2 is 2.55 bits per heavy atom. The van der Waals surface area contributed by atoms with E-state index in [0.717, 1.165) is 13.0 Å². The molecule has 0 amide bonds. The topological polar surface area (TPSA) is 51.4 Å². The Morgan fingerprint density at radius 1 is 1.91 bits per heavy atom. The van der Waals surface area contributed by atoms with E-state index in [1.165, 1.54) is 0 Å². The molecule has 3 heteroatoms. The minimum atomic E-state index is 0.595. The first-order valence-electron chi connectivity index (χ1n) is 3.97. The molecule has 2 atom stereocenters. The lowest BCUT2D eigenvalue weighted by atomic mass is 10.0. The summed E-state index contributed by atoms with van der Waals surface area (Å²) in [4.78, 5) is 9.97. The van der Waals surface area contributed by atoms with E-state index in [4.69, 9.17) is 0 Å². The largest absolute Gasteiger partial charge is 0.311 e. The molecule has 0 aliphatic carbocycles. The van der Waals surface area contributed by atoms with E-state index in [0.29, 0.717) is 17.7 Å². The first-order chi connectivity index (χ1) is 5.24. The highest BCUT2D eigenvalue weighted by atomic mass is 16.3. The van der Waals surface area contributed by atoms with Crippen LogP contribution in [0.3, 0.4) is 0 Å². The average molecular weight is 154 g/mol. The maximum Gasteiger partial charge on any atom is 0.0778 e. The quantitative estimate of drug-likeness (QED) is 0.494. The molecule has 1 saturated heterocycles. The number of nitrogens with one attached hydrogen (secondary N) is 1. The van der Waals surface area contributed by atoms with Gasteiger partial charge in [-0.05, 0) is 24.4 Å². The monoisotopic (exact) mass is 154 g/mol. The van der Waals surface area contributed by atoms with Crippen LogP contribution < -0.4 is 5.32 Å². The normalized spacial score (nSPS) is 26.4. The van der Waals surface area contributed by atoms with Crippen molar-refractivity contribution in [2.75, 3.05) is 6.54 Å². The Balaban J connectivity index is 2.23. The summed E-state index contributed by atoms with van der Waals surface area (Å²) in [6, 6.07) is 0.672. The fourth-order valence-electron chi connectivity index (χ4n) is 1.03. The van der Waals surface area contributed by atoms with Crippen LogP contribution in [-0.2, 0) is 0 Å². The maximum absolute atomic E-state index is 9.97. The summed E-state index contributed by atoms with van der Waals surface area (Å²) in [5, 5.41) is 6.07. The molecule has 62 valence electrons. The molecule has 3 nitrogen and oxygen atoms in total. The van der Waals surface area contributed by atoms with Gasteiger partial charge in [0.2, 0.25) is 0 Å². The molecule has 0 aromatic heterocycles. The molecule has 2 unspecified atom stereocenters. The second-order valence-electron chi connectivity index (χ2n) is 3.16. The standard InChI is InChI=1S/C8H14N2O/c1-6(8-5-9-8)3-4-7(2)10-11/h4,6,8-9H,3,5H2,1-2H3/b7-4-. The van der Waals surface area contributed by atoms with Crippen LogP contribution >= 0.6 is 0 Å². The van der Waals surface area contributed by atoms with Crippen molar-refractivity contribution in [2.45, 2.75) is 26.3 Å². The number of hydrogen-bond donors (Lipinski definition) is 1. The minimum absolute atomic E-state index is 0.595. The summed E-state index contributed by atoms with van der Waals surface area (Å²) in [5.41, 5.74) is 0.595. The maximum atomic E-state index is 9.97. The average Bonchev–Trinajstić information content (AvgIpc) is 2.81. The van der Waals surface area contributed by atoms with Crippen LogP contribution in [0.4, 0.5) is 0 Å². The molecule has 0 aromatic carbocycles. The third-order valence-corrected chi connectivity index (χ3v) is 2.06. The van der Waals surface area contributed by atoms with Crippen molar-refractivity contribution >= 4 is 0 Å². The van der Waals surface area contributed by atoms with Crippen LogP contribution in [0.15, 0.2) is 16.9 Å².